The van der Waals surface area contributed by atoms with Crippen molar-refractivity contribution in [2.24, 2.45) is 5.41 Å². The van der Waals surface area contributed by atoms with E-state index in [0.29, 0.717) is 5.13 Å². The van der Waals surface area contributed by atoms with Crippen LogP contribution in [0.5, 0.6) is 0 Å². The van der Waals surface area contributed by atoms with E-state index in [9.17, 15) is 4.79 Å². The van der Waals surface area contributed by atoms with Crippen LogP contribution in [0.25, 0.3) is 32.8 Å². The summed E-state index contributed by atoms with van der Waals surface area (Å²) in [5, 5.41) is 10.7. The van der Waals surface area contributed by atoms with Gasteiger partial charge < -0.3 is 5.32 Å². The molecular weight excluding hydrogens is 496 g/mol. The zero-order valence-corrected chi connectivity index (χ0v) is 22.3. The van der Waals surface area contributed by atoms with Gasteiger partial charge >= 0.3 is 0 Å². The highest BCUT2D eigenvalue weighted by Crippen LogP contribution is 2.61. The lowest BCUT2D eigenvalue weighted by Gasteiger charge is -2.50. The summed E-state index contributed by atoms with van der Waals surface area (Å²) in [5.74, 6) is 0.300. The maximum absolute atomic E-state index is 14.1. The first-order chi connectivity index (χ1) is 19.1. The van der Waals surface area contributed by atoms with Crippen LogP contribution in [0.1, 0.15) is 47.4 Å². The highest BCUT2D eigenvalue weighted by Gasteiger charge is 2.54. The summed E-state index contributed by atoms with van der Waals surface area (Å²) in [5.41, 5.74) is 6.75. The molecule has 1 N–H and O–H groups in total. The van der Waals surface area contributed by atoms with Gasteiger partial charge in [0.2, 0.25) is 5.91 Å². The van der Waals surface area contributed by atoms with Gasteiger partial charge in [0.1, 0.15) is 0 Å². The minimum Gasteiger partial charge on any atom is -0.301 e. The number of aromatic nitrogens is 1. The van der Waals surface area contributed by atoms with Crippen LogP contribution in [0, 0.1) is 5.41 Å². The molecule has 6 aromatic rings. The Bertz CT molecular complexity index is 1840. The van der Waals surface area contributed by atoms with Gasteiger partial charge in [-0.1, -0.05) is 97.1 Å². The summed E-state index contributed by atoms with van der Waals surface area (Å²) in [6.07, 6.45) is 0.795. The van der Waals surface area contributed by atoms with Gasteiger partial charge in [0.25, 0.3) is 0 Å². The number of hydrogen-bond donors (Lipinski definition) is 1. The molecule has 188 valence electrons. The maximum Gasteiger partial charge on any atom is 0.233 e. The van der Waals surface area contributed by atoms with Crippen LogP contribution < -0.4 is 5.32 Å². The first kappa shape index (κ1) is 22.7. The molecule has 0 saturated heterocycles. The van der Waals surface area contributed by atoms with Crippen molar-refractivity contribution >= 4 is 43.9 Å². The van der Waals surface area contributed by atoms with Crippen LogP contribution >= 0.6 is 11.3 Å². The average molecular weight is 523 g/mol. The molecule has 0 spiro atoms. The molecule has 9 rings (SSSR count). The lowest BCUT2D eigenvalue weighted by atomic mass is 9.52. The predicted octanol–water partition coefficient (Wildman–Crippen LogP) is 8.74. The van der Waals surface area contributed by atoms with Crippen molar-refractivity contribution in [3.05, 3.63) is 131 Å². The normalized spacial score (nSPS) is 21.1. The number of benzene rings is 5. The molecule has 3 aliphatic rings. The Labute approximate surface area is 231 Å². The number of carbonyl (C=O) groups is 1. The van der Waals surface area contributed by atoms with Crippen molar-refractivity contribution in [2.45, 2.75) is 25.2 Å². The molecule has 1 heterocycles. The Balaban J connectivity index is 1.19. The molecule has 0 radical (unpaired) electrons. The monoisotopic (exact) mass is 522 g/mol. The molecule has 1 aromatic heterocycles. The van der Waals surface area contributed by atoms with Gasteiger partial charge in [-0.2, -0.15) is 0 Å². The third-order valence-electron chi connectivity index (χ3n) is 8.90. The van der Waals surface area contributed by atoms with E-state index in [1.54, 1.807) is 0 Å². The standard InChI is InChI=1S/C35H26N2OS/c1-35(19-29-25-14-6-8-16-27(25)32(35)28-17-9-7-15-26(28)29)33(38)37-34-36-30(20-39-34)31-23-12-4-2-10-21(23)18-22-11-3-5-13-24(22)31/h2-18,20,29,32H,19H2,1H3,(H,36,37,38). The second kappa shape index (κ2) is 8.36. The van der Waals surface area contributed by atoms with Gasteiger partial charge in [-0.05, 0) is 63.2 Å². The number of nitrogens with zero attached hydrogens (tertiary/aromatic N) is 1. The van der Waals surface area contributed by atoms with E-state index in [1.807, 2.05) is 0 Å². The average Bonchev–Trinajstić information content (AvgIpc) is 3.43. The topological polar surface area (TPSA) is 42.0 Å². The molecule has 4 heteroatoms. The van der Waals surface area contributed by atoms with Crippen LogP contribution in [-0.4, -0.2) is 10.9 Å². The third kappa shape index (κ3) is 3.28. The van der Waals surface area contributed by atoms with E-state index in [2.05, 4.69) is 121 Å². The number of hydrogen-bond acceptors (Lipinski definition) is 3. The summed E-state index contributed by atoms with van der Waals surface area (Å²) in [4.78, 5) is 19.1. The second-order valence-electron chi connectivity index (χ2n) is 11.1. The summed E-state index contributed by atoms with van der Waals surface area (Å²) in [6.45, 7) is 2.14. The van der Waals surface area contributed by atoms with Gasteiger partial charge in [-0.3, -0.25) is 4.79 Å². The van der Waals surface area contributed by atoms with E-state index in [1.165, 1.54) is 55.1 Å². The zero-order chi connectivity index (χ0) is 26.1. The molecule has 0 saturated carbocycles. The summed E-state index contributed by atoms with van der Waals surface area (Å²) < 4.78 is 0. The first-order valence-corrected chi connectivity index (χ1v) is 14.4. The Kier molecular flexibility index (Phi) is 4.86. The highest BCUT2D eigenvalue weighted by atomic mass is 32.1. The van der Waals surface area contributed by atoms with E-state index in [-0.39, 0.29) is 17.7 Å². The SMILES string of the molecule is CC1(C(=O)Nc2nc(-c3c4ccccc4cc4ccccc34)cs2)CC2c3ccccc3C1c1ccccc12. The van der Waals surface area contributed by atoms with Crippen LogP contribution in [0.4, 0.5) is 5.13 Å². The van der Waals surface area contributed by atoms with Gasteiger partial charge in [0.05, 0.1) is 11.1 Å². The van der Waals surface area contributed by atoms with E-state index < -0.39 is 5.41 Å². The molecule has 3 nitrogen and oxygen atoms in total. The number of amides is 1. The molecule has 1 unspecified atom stereocenters. The van der Waals surface area contributed by atoms with Crippen LogP contribution in [0.3, 0.4) is 0 Å². The van der Waals surface area contributed by atoms with Crippen LogP contribution in [0.2, 0.25) is 0 Å². The molecule has 1 atom stereocenters. The van der Waals surface area contributed by atoms with E-state index >= 15 is 0 Å². The van der Waals surface area contributed by atoms with Crippen molar-refractivity contribution in [2.75, 3.05) is 5.32 Å². The van der Waals surface area contributed by atoms with Crippen molar-refractivity contribution < 1.29 is 4.79 Å². The van der Waals surface area contributed by atoms with Crippen molar-refractivity contribution in [3.8, 4) is 11.3 Å². The Morgan fingerprint density at radius 1 is 0.795 bits per heavy atom. The number of fused-ring (bicyclic) bond motifs is 3. The highest BCUT2D eigenvalue weighted by molar-refractivity contribution is 7.14. The third-order valence-corrected chi connectivity index (χ3v) is 9.66. The Morgan fingerprint density at radius 3 is 1.95 bits per heavy atom. The molecule has 0 aliphatic heterocycles. The predicted molar refractivity (Wildman–Crippen MR) is 160 cm³/mol. The molecule has 2 bridgehead atoms. The maximum atomic E-state index is 14.1. The number of carbonyl (C=O) groups excluding carboxylic acids is 1. The van der Waals surface area contributed by atoms with E-state index in [0.717, 1.165) is 17.7 Å². The molecule has 0 fully saturated rings. The molecule has 5 aromatic carbocycles. The minimum atomic E-state index is -0.564. The fourth-order valence-corrected chi connectivity index (χ4v) is 7.86. The first-order valence-electron chi connectivity index (χ1n) is 13.5. The van der Waals surface area contributed by atoms with Gasteiger partial charge in [0, 0.05) is 22.8 Å². The summed E-state index contributed by atoms with van der Waals surface area (Å²) >= 11 is 1.50. The number of nitrogens with one attached hydrogen (secondary N) is 1. The summed E-state index contributed by atoms with van der Waals surface area (Å²) in [6, 6.07) is 36.5. The fourth-order valence-electron chi connectivity index (χ4n) is 7.16. The van der Waals surface area contributed by atoms with Crippen molar-refractivity contribution in [1.82, 2.24) is 4.98 Å². The molecule has 3 aliphatic carbocycles. The quantitative estimate of drug-likeness (QED) is 0.236. The van der Waals surface area contributed by atoms with Gasteiger partial charge in [0.15, 0.2) is 5.13 Å². The fraction of sp³-hybridized carbons (Fsp3) is 0.143. The lowest BCUT2D eigenvalue weighted by molar-refractivity contribution is -0.126. The van der Waals surface area contributed by atoms with Crippen LogP contribution in [0.15, 0.2) is 109 Å². The second-order valence-corrected chi connectivity index (χ2v) is 11.9. The molecule has 1 amide bonds. The van der Waals surface area contributed by atoms with Crippen molar-refractivity contribution in [1.29, 1.82) is 0 Å². The van der Waals surface area contributed by atoms with Gasteiger partial charge in [-0.15, -0.1) is 11.3 Å². The zero-order valence-electron chi connectivity index (χ0n) is 21.5. The lowest BCUT2D eigenvalue weighted by Crippen LogP contribution is -2.47. The number of thiazole rings is 1. The number of anilines is 1. The van der Waals surface area contributed by atoms with Crippen molar-refractivity contribution in [3.63, 3.8) is 0 Å². The van der Waals surface area contributed by atoms with E-state index in [4.69, 9.17) is 4.98 Å². The summed E-state index contributed by atoms with van der Waals surface area (Å²) in [7, 11) is 0. The largest absolute Gasteiger partial charge is 0.301 e. The Morgan fingerprint density at radius 2 is 1.33 bits per heavy atom. The smallest absolute Gasteiger partial charge is 0.233 e. The van der Waals surface area contributed by atoms with Gasteiger partial charge in [-0.25, -0.2) is 4.98 Å². The molecule has 39 heavy (non-hydrogen) atoms. The molecular formula is C35H26N2OS. The Hall–Kier alpha value is -4.28. The minimum absolute atomic E-state index is 0.0244. The number of rotatable bonds is 3. The van der Waals surface area contributed by atoms with Crippen LogP contribution in [-0.2, 0) is 4.79 Å².